The Hall–Kier alpha value is -1.13. The van der Waals surface area contributed by atoms with E-state index in [1.807, 2.05) is 12.1 Å². The first-order valence-corrected chi connectivity index (χ1v) is 5.75. The maximum atomic E-state index is 9.06. The highest BCUT2D eigenvalue weighted by molar-refractivity contribution is 5.41. The largest absolute Gasteiger partial charge is 0.396 e. The molecule has 1 saturated heterocycles. The van der Waals surface area contributed by atoms with Crippen LogP contribution in [0, 0.1) is 5.92 Å². The lowest BCUT2D eigenvalue weighted by molar-refractivity contribution is 0.263. The minimum atomic E-state index is 0.0590. The number of nitrogens with zero attached hydrogens (tertiary/aromatic N) is 2. The normalized spacial score (nSPS) is 20.4. The number of aliphatic hydroxyl groups excluding tert-OH is 2. The van der Waals surface area contributed by atoms with Gasteiger partial charge in [0.1, 0.15) is 5.82 Å². The van der Waals surface area contributed by atoms with Crippen LogP contribution in [0.5, 0.6) is 0 Å². The first kappa shape index (κ1) is 11.4. The lowest BCUT2D eigenvalue weighted by Gasteiger charge is -2.17. The highest BCUT2D eigenvalue weighted by Crippen LogP contribution is 2.24. The second-order valence-corrected chi connectivity index (χ2v) is 4.29. The van der Waals surface area contributed by atoms with Gasteiger partial charge in [-0.1, -0.05) is 0 Å². The molecule has 2 heterocycles. The van der Waals surface area contributed by atoms with E-state index in [-0.39, 0.29) is 13.2 Å². The van der Waals surface area contributed by atoms with Gasteiger partial charge in [-0.3, -0.25) is 0 Å². The summed E-state index contributed by atoms with van der Waals surface area (Å²) in [7, 11) is 0. The molecule has 2 N–H and O–H groups in total. The molecule has 0 bridgehead atoms. The van der Waals surface area contributed by atoms with Gasteiger partial charge in [0.2, 0.25) is 0 Å². The molecule has 0 amide bonds. The van der Waals surface area contributed by atoms with Gasteiger partial charge in [-0.2, -0.15) is 0 Å². The highest BCUT2D eigenvalue weighted by Gasteiger charge is 2.22. The zero-order valence-electron chi connectivity index (χ0n) is 9.34. The number of aliphatic hydroxyl groups is 2. The molecule has 88 valence electrons. The quantitative estimate of drug-likeness (QED) is 0.790. The van der Waals surface area contributed by atoms with Crippen LogP contribution >= 0.6 is 0 Å². The molecule has 2 rings (SSSR count). The van der Waals surface area contributed by atoms with Gasteiger partial charge in [0.15, 0.2) is 0 Å². The fourth-order valence-corrected chi connectivity index (χ4v) is 2.19. The molecule has 1 unspecified atom stereocenters. The second-order valence-electron chi connectivity index (χ2n) is 4.29. The van der Waals surface area contributed by atoms with Crippen molar-refractivity contribution in [1.29, 1.82) is 0 Å². The summed E-state index contributed by atoms with van der Waals surface area (Å²) in [6, 6.07) is 3.76. The summed E-state index contributed by atoms with van der Waals surface area (Å²) < 4.78 is 0. The number of rotatable bonds is 4. The van der Waals surface area contributed by atoms with Gasteiger partial charge in [-0.05, 0) is 36.5 Å². The maximum Gasteiger partial charge on any atom is 0.128 e. The summed E-state index contributed by atoms with van der Waals surface area (Å²) in [5.74, 6) is 1.51. The predicted molar refractivity (Wildman–Crippen MR) is 62.2 cm³/mol. The Bertz CT molecular complexity index is 344. The van der Waals surface area contributed by atoms with Crippen molar-refractivity contribution in [2.24, 2.45) is 5.92 Å². The Kier molecular flexibility index (Phi) is 3.74. The van der Waals surface area contributed by atoms with Crippen molar-refractivity contribution in [2.45, 2.75) is 19.4 Å². The van der Waals surface area contributed by atoms with E-state index in [1.54, 1.807) is 6.20 Å². The first-order chi connectivity index (χ1) is 7.83. The van der Waals surface area contributed by atoms with E-state index in [2.05, 4.69) is 9.88 Å². The monoisotopic (exact) mass is 222 g/mol. The summed E-state index contributed by atoms with van der Waals surface area (Å²) in [5, 5.41) is 18.0. The van der Waals surface area contributed by atoms with Crippen LogP contribution < -0.4 is 4.90 Å². The van der Waals surface area contributed by atoms with Gasteiger partial charge in [0.25, 0.3) is 0 Å². The molecule has 1 aliphatic rings. The van der Waals surface area contributed by atoms with E-state index in [1.165, 1.54) is 0 Å². The van der Waals surface area contributed by atoms with Gasteiger partial charge in [-0.15, -0.1) is 0 Å². The van der Waals surface area contributed by atoms with E-state index >= 15 is 0 Å². The molecule has 16 heavy (non-hydrogen) atoms. The molecule has 1 fully saturated rings. The van der Waals surface area contributed by atoms with Crippen molar-refractivity contribution < 1.29 is 10.2 Å². The maximum absolute atomic E-state index is 9.06. The summed E-state index contributed by atoms with van der Waals surface area (Å²) in [5.41, 5.74) is 0.899. The van der Waals surface area contributed by atoms with Crippen LogP contribution in [-0.2, 0) is 6.61 Å². The van der Waals surface area contributed by atoms with Gasteiger partial charge in [0, 0.05) is 25.9 Å². The first-order valence-electron chi connectivity index (χ1n) is 5.75. The van der Waals surface area contributed by atoms with Gasteiger partial charge in [-0.25, -0.2) is 4.98 Å². The Morgan fingerprint density at radius 1 is 1.44 bits per heavy atom. The van der Waals surface area contributed by atoms with Crippen molar-refractivity contribution in [2.75, 3.05) is 24.6 Å². The molecule has 0 aliphatic carbocycles. The molecule has 0 aromatic carbocycles. The van der Waals surface area contributed by atoms with Crippen molar-refractivity contribution in [3.05, 3.63) is 23.9 Å². The summed E-state index contributed by atoms with van der Waals surface area (Å²) in [6.07, 6.45) is 3.72. The van der Waals surface area contributed by atoms with Crippen LogP contribution in [0.25, 0.3) is 0 Å². The standard InChI is InChI=1S/C12H18N2O2/c15-6-3-10-2-5-14(8-10)12-7-11(9-16)1-4-13-12/h1,4,7,10,15-16H,2-3,5-6,8-9H2. The molecule has 0 radical (unpaired) electrons. The summed E-state index contributed by atoms with van der Waals surface area (Å²) >= 11 is 0. The number of hydrogen-bond donors (Lipinski definition) is 2. The van der Waals surface area contributed by atoms with Crippen LogP contribution in [-0.4, -0.2) is 34.9 Å². The third kappa shape index (κ3) is 2.51. The molecule has 1 atom stereocenters. The summed E-state index contributed by atoms with van der Waals surface area (Å²) in [6.45, 7) is 2.28. The van der Waals surface area contributed by atoms with Gasteiger partial charge < -0.3 is 15.1 Å². The van der Waals surface area contributed by atoms with Crippen LogP contribution in [0.3, 0.4) is 0 Å². The molecule has 4 nitrogen and oxygen atoms in total. The van der Waals surface area contributed by atoms with E-state index in [4.69, 9.17) is 10.2 Å². The molecule has 1 aliphatic heterocycles. The van der Waals surface area contributed by atoms with Crippen molar-refractivity contribution >= 4 is 5.82 Å². The fourth-order valence-electron chi connectivity index (χ4n) is 2.19. The summed E-state index contributed by atoms with van der Waals surface area (Å²) in [4.78, 5) is 6.54. The lowest BCUT2D eigenvalue weighted by atomic mass is 10.1. The minimum Gasteiger partial charge on any atom is -0.396 e. The zero-order chi connectivity index (χ0) is 11.4. The molecular formula is C12H18N2O2. The molecule has 0 spiro atoms. The van der Waals surface area contributed by atoms with Crippen LogP contribution in [0.15, 0.2) is 18.3 Å². The second kappa shape index (κ2) is 5.27. The number of pyridine rings is 1. The van der Waals surface area contributed by atoms with Crippen LogP contribution in [0.1, 0.15) is 18.4 Å². The number of aromatic nitrogens is 1. The topological polar surface area (TPSA) is 56.6 Å². The number of anilines is 1. The van der Waals surface area contributed by atoms with E-state index < -0.39 is 0 Å². The van der Waals surface area contributed by atoms with E-state index in [0.29, 0.717) is 5.92 Å². The Labute approximate surface area is 95.5 Å². The third-order valence-electron chi connectivity index (χ3n) is 3.14. The molecule has 4 heteroatoms. The van der Waals surface area contributed by atoms with Crippen molar-refractivity contribution in [1.82, 2.24) is 4.98 Å². The molecule has 0 saturated carbocycles. The Morgan fingerprint density at radius 3 is 3.06 bits per heavy atom. The Balaban J connectivity index is 2.02. The lowest BCUT2D eigenvalue weighted by Crippen LogP contribution is -2.21. The highest BCUT2D eigenvalue weighted by atomic mass is 16.3. The van der Waals surface area contributed by atoms with E-state index in [9.17, 15) is 0 Å². The molecule has 1 aromatic rings. The average Bonchev–Trinajstić information content (AvgIpc) is 2.78. The zero-order valence-corrected chi connectivity index (χ0v) is 9.34. The van der Waals surface area contributed by atoms with Crippen molar-refractivity contribution in [3.63, 3.8) is 0 Å². The predicted octanol–water partition coefficient (Wildman–Crippen LogP) is 0.783. The average molecular weight is 222 g/mol. The van der Waals surface area contributed by atoms with Crippen molar-refractivity contribution in [3.8, 4) is 0 Å². The minimum absolute atomic E-state index is 0.0590. The van der Waals surface area contributed by atoms with Gasteiger partial charge >= 0.3 is 0 Å². The SMILES string of the molecule is OCCC1CCN(c2cc(CO)ccn2)C1. The van der Waals surface area contributed by atoms with Crippen LogP contribution in [0.4, 0.5) is 5.82 Å². The smallest absolute Gasteiger partial charge is 0.128 e. The number of hydrogen-bond acceptors (Lipinski definition) is 4. The fraction of sp³-hybridized carbons (Fsp3) is 0.583. The van der Waals surface area contributed by atoms with Gasteiger partial charge in [0.05, 0.1) is 6.61 Å². The molecular weight excluding hydrogens is 204 g/mol. The van der Waals surface area contributed by atoms with E-state index in [0.717, 1.165) is 37.3 Å². The Morgan fingerprint density at radius 2 is 2.31 bits per heavy atom. The third-order valence-corrected chi connectivity index (χ3v) is 3.14. The van der Waals surface area contributed by atoms with Crippen LogP contribution in [0.2, 0.25) is 0 Å². The molecule has 1 aromatic heterocycles.